The molecule has 0 atom stereocenters. The van der Waals surface area contributed by atoms with E-state index in [1.807, 2.05) is 6.20 Å². The fourth-order valence-corrected chi connectivity index (χ4v) is 1.76. The van der Waals surface area contributed by atoms with Crippen LogP contribution in [0.25, 0.3) is 10.9 Å². The molecule has 0 amide bonds. The van der Waals surface area contributed by atoms with Crippen molar-refractivity contribution in [2.45, 2.75) is 25.9 Å². The molecule has 2 N–H and O–H groups in total. The van der Waals surface area contributed by atoms with E-state index in [0.29, 0.717) is 6.42 Å². The van der Waals surface area contributed by atoms with Gasteiger partial charge < -0.3 is 10.1 Å². The minimum atomic E-state index is -0.776. The van der Waals surface area contributed by atoms with Crippen molar-refractivity contribution in [3.05, 3.63) is 35.8 Å². The van der Waals surface area contributed by atoms with Crippen LogP contribution < -0.4 is 0 Å². The van der Waals surface area contributed by atoms with Crippen LogP contribution in [-0.4, -0.2) is 15.7 Å². The number of benzene rings is 1. The van der Waals surface area contributed by atoms with Crippen LogP contribution in [0.3, 0.4) is 0 Å². The third-order valence-electron chi connectivity index (χ3n) is 2.35. The lowest BCUT2D eigenvalue weighted by atomic mass is 9.98. The fraction of sp³-hybridized carbons (Fsp3) is 0.333. The number of nitrogens with one attached hydrogen (secondary N) is 1. The number of fused-ring (bicyclic) bond motifs is 1. The number of aromatic nitrogens is 1. The second kappa shape index (κ2) is 3.35. The monoisotopic (exact) mass is 207 g/mol. The maximum absolute atomic E-state index is 13.1. The third kappa shape index (κ3) is 2.18. The van der Waals surface area contributed by atoms with Gasteiger partial charge in [0.2, 0.25) is 0 Å². The van der Waals surface area contributed by atoms with Gasteiger partial charge >= 0.3 is 0 Å². The first-order valence-electron chi connectivity index (χ1n) is 4.94. The fourth-order valence-electron chi connectivity index (χ4n) is 1.76. The summed E-state index contributed by atoms with van der Waals surface area (Å²) in [7, 11) is 0. The molecular weight excluding hydrogens is 193 g/mol. The molecule has 0 saturated heterocycles. The summed E-state index contributed by atoms with van der Waals surface area (Å²) in [5, 5.41) is 10.6. The van der Waals surface area contributed by atoms with E-state index >= 15 is 0 Å². The molecule has 1 aromatic carbocycles. The second-order valence-corrected chi connectivity index (χ2v) is 4.49. The van der Waals surface area contributed by atoms with Crippen LogP contribution in [0.4, 0.5) is 4.39 Å². The van der Waals surface area contributed by atoms with E-state index in [1.54, 1.807) is 19.9 Å². The number of hydrogen-bond donors (Lipinski definition) is 2. The molecule has 2 rings (SSSR count). The Kier molecular flexibility index (Phi) is 2.27. The van der Waals surface area contributed by atoms with Gasteiger partial charge in [0, 0.05) is 23.5 Å². The van der Waals surface area contributed by atoms with Crippen molar-refractivity contribution >= 4 is 10.9 Å². The Morgan fingerprint density at radius 3 is 2.80 bits per heavy atom. The number of rotatable bonds is 2. The van der Waals surface area contributed by atoms with E-state index in [0.717, 1.165) is 16.5 Å². The summed E-state index contributed by atoms with van der Waals surface area (Å²) >= 11 is 0. The Hall–Kier alpha value is -1.35. The molecule has 1 heterocycles. The SMILES string of the molecule is CC(C)(O)Cc1c[nH]c2ccc(F)cc12. The largest absolute Gasteiger partial charge is 0.390 e. The molecule has 0 radical (unpaired) electrons. The molecule has 0 fully saturated rings. The lowest BCUT2D eigenvalue weighted by Gasteiger charge is -2.15. The van der Waals surface area contributed by atoms with Crippen LogP contribution >= 0.6 is 0 Å². The van der Waals surface area contributed by atoms with Crippen molar-refractivity contribution in [2.75, 3.05) is 0 Å². The standard InChI is InChI=1S/C12H14FNO/c1-12(2,15)6-8-7-14-11-4-3-9(13)5-10(8)11/h3-5,7,14-15H,6H2,1-2H3. The summed E-state index contributed by atoms with van der Waals surface area (Å²) in [5.74, 6) is -0.251. The van der Waals surface area contributed by atoms with Gasteiger partial charge in [-0.2, -0.15) is 0 Å². The predicted octanol–water partition coefficient (Wildman–Crippen LogP) is 2.62. The molecule has 0 bridgehead atoms. The van der Waals surface area contributed by atoms with Crippen LogP contribution in [0, 0.1) is 5.82 Å². The number of hydrogen-bond acceptors (Lipinski definition) is 1. The molecular formula is C12H14FNO. The average molecular weight is 207 g/mol. The zero-order valence-corrected chi connectivity index (χ0v) is 8.84. The van der Waals surface area contributed by atoms with Crippen LogP contribution in [0.15, 0.2) is 24.4 Å². The van der Waals surface area contributed by atoms with Gasteiger partial charge in [-0.3, -0.25) is 0 Å². The summed E-state index contributed by atoms with van der Waals surface area (Å²) in [6.45, 7) is 3.48. The third-order valence-corrected chi connectivity index (χ3v) is 2.35. The number of H-pyrrole nitrogens is 1. The van der Waals surface area contributed by atoms with Crippen LogP contribution in [-0.2, 0) is 6.42 Å². The Balaban J connectivity index is 2.48. The first-order valence-corrected chi connectivity index (χ1v) is 4.94. The maximum atomic E-state index is 13.1. The van der Waals surface area contributed by atoms with E-state index in [4.69, 9.17) is 0 Å². The molecule has 3 heteroatoms. The summed E-state index contributed by atoms with van der Waals surface area (Å²) in [4.78, 5) is 3.06. The molecule has 2 aromatic rings. The maximum Gasteiger partial charge on any atom is 0.123 e. The lowest BCUT2D eigenvalue weighted by Crippen LogP contribution is -2.21. The molecule has 1 aromatic heterocycles. The van der Waals surface area contributed by atoms with Gasteiger partial charge in [-0.1, -0.05) is 0 Å². The highest BCUT2D eigenvalue weighted by atomic mass is 19.1. The van der Waals surface area contributed by atoms with Crippen LogP contribution in [0.5, 0.6) is 0 Å². The highest BCUT2D eigenvalue weighted by Gasteiger charge is 2.16. The van der Waals surface area contributed by atoms with E-state index < -0.39 is 5.60 Å². The van der Waals surface area contributed by atoms with Gasteiger partial charge in [0.05, 0.1) is 5.60 Å². The lowest BCUT2D eigenvalue weighted by molar-refractivity contribution is 0.0813. The minimum absolute atomic E-state index is 0.251. The topological polar surface area (TPSA) is 36.0 Å². The van der Waals surface area contributed by atoms with Crippen molar-refractivity contribution in [2.24, 2.45) is 0 Å². The first-order chi connectivity index (χ1) is 6.96. The van der Waals surface area contributed by atoms with Gasteiger partial charge in [0.15, 0.2) is 0 Å². The predicted molar refractivity (Wildman–Crippen MR) is 58.3 cm³/mol. The van der Waals surface area contributed by atoms with Crippen molar-refractivity contribution in [1.29, 1.82) is 0 Å². The van der Waals surface area contributed by atoms with Crippen molar-refractivity contribution in [3.8, 4) is 0 Å². The molecule has 80 valence electrons. The normalized spacial score (nSPS) is 12.3. The van der Waals surface area contributed by atoms with Gasteiger partial charge in [0.1, 0.15) is 5.82 Å². The number of halogens is 1. The molecule has 0 spiro atoms. The highest BCUT2D eigenvalue weighted by molar-refractivity contribution is 5.83. The Morgan fingerprint density at radius 2 is 2.13 bits per heavy atom. The summed E-state index contributed by atoms with van der Waals surface area (Å²) in [6.07, 6.45) is 2.33. The molecule has 0 unspecified atom stereocenters. The number of aromatic amines is 1. The van der Waals surface area contributed by atoms with Gasteiger partial charge in [-0.25, -0.2) is 4.39 Å². The molecule has 0 aliphatic heterocycles. The quantitative estimate of drug-likeness (QED) is 0.780. The summed E-state index contributed by atoms with van der Waals surface area (Å²) in [5.41, 5.74) is 1.06. The zero-order chi connectivity index (χ0) is 11.1. The molecule has 15 heavy (non-hydrogen) atoms. The smallest absolute Gasteiger partial charge is 0.123 e. The van der Waals surface area contributed by atoms with Crippen molar-refractivity contribution < 1.29 is 9.50 Å². The van der Waals surface area contributed by atoms with Crippen LogP contribution in [0.2, 0.25) is 0 Å². The van der Waals surface area contributed by atoms with E-state index in [1.165, 1.54) is 12.1 Å². The van der Waals surface area contributed by atoms with E-state index in [9.17, 15) is 9.50 Å². The molecule has 0 saturated carbocycles. The average Bonchev–Trinajstić information content (AvgIpc) is 2.46. The van der Waals surface area contributed by atoms with Crippen molar-refractivity contribution in [3.63, 3.8) is 0 Å². The van der Waals surface area contributed by atoms with E-state index in [2.05, 4.69) is 4.98 Å². The Labute approximate surface area is 87.7 Å². The number of aliphatic hydroxyl groups is 1. The molecule has 0 aliphatic rings. The van der Waals surface area contributed by atoms with Crippen LogP contribution in [0.1, 0.15) is 19.4 Å². The second-order valence-electron chi connectivity index (χ2n) is 4.49. The van der Waals surface area contributed by atoms with Gasteiger partial charge in [-0.05, 0) is 37.6 Å². The first kappa shape index (κ1) is 10.2. The minimum Gasteiger partial charge on any atom is -0.390 e. The highest BCUT2D eigenvalue weighted by Crippen LogP contribution is 2.23. The van der Waals surface area contributed by atoms with Gasteiger partial charge in [-0.15, -0.1) is 0 Å². The Bertz CT molecular complexity index is 482. The summed E-state index contributed by atoms with van der Waals surface area (Å²) < 4.78 is 13.1. The zero-order valence-electron chi connectivity index (χ0n) is 8.84. The molecule has 2 nitrogen and oxygen atoms in total. The summed E-state index contributed by atoms with van der Waals surface area (Å²) in [6, 6.07) is 4.62. The van der Waals surface area contributed by atoms with Crippen molar-refractivity contribution in [1.82, 2.24) is 4.98 Å². The van der Waals surface area contributed by atoms with Gasteiger partial charge in [0.25, 0.3) is 0 Å². The molecule has 0 aliphatic carbocycles. The van der Waals surface area contributed by atoms with E-state index in [-0.39, 0.29) is 5.82 Å². The Morgan fingerprint density at radius 1 is 1.40 bits per heavy atom.